The number of benzene rings is 2. The zero-order valence-corrected chi connectivity index (χ0v) is 24.3. The molecule has 204 valence electrons. The summed E-state index contributed by atoms with van der Waals surface area (Å²) in [6.45, 7) is 5.51. The Hall–Kier alpha value is -2.95. The van der Waals surface area contributed by atoms with Gasteiger partial charge in [0.1, 0.15) is 17.6 Å². The number of carbonyl (C=O) groups excluding carboxylic acids is 1. The van der Waals surface area contributed by atoms with Gasteiger partial charge in [0.05, 0.1) is 0 Å². The van der Waals surface area contributed by atoms with Gasteiger partial charge in [0.15, 0.2) is 11.0 Å². The number of pyridine rings is 1. The van der Waals surface area contributed by atoms with Crippen LogP contribution in [0.3, 0.4) is 0 Å². The second-order valence-electron chi connectivity index (χ2n) is 9.67. The molecule has 1 fully saturated rings. The SMILES string of the molecule is CCC(C(=O)Nc1cc(NC2CCOCC2)ccc1C)n1cc(Br)cc2nc(SCc3ccc(F)cc3)nc1-2. The van der Waals surface area contributed by atoms with Gasteiger partial charge < -0.3 is 19.9 Å². The number of halogens is 2. The van der Waals surface area contributed by atoms with Gasteiger partial charge in [0.2, 0.25) is 5.91 Å². The predicted molar refractivity (Wildman–Crippen MR) is 157 cm³/mol. The first-order chi connectivity index (χ1) is 18.9. The van der Waals surface area contributed by atoms with Gasteiger partial charge in [0.25, 0.3) is 0 Å². The highest BCUT2D eigenvalue weighted by Crippen LogP contribution is 2.32. The molecule has 7 nitrogen and oxygen atoms in total. The van der Waals surface area contributed by atoms with Crippen LogP contribution in [0.5, 0.6) is 0 Å². The van der Waals surface area contributed by atoms with Gasteiger partial charge in [-0.1, -0.05) is 36.9 Å². The lowest BCUT2D eigenvalue weighted by Crippen LogP contribution is -2.28. The fraction of sp³-hybridized carbons (Fsp3) is 0.345. The first-order valence-electron chi connectivity index (χ1n) is 13.1. The lowest BCUT2D eigenvalue weighted by Gasteiger charge is -2.25. The number of hydrogen-bond acceptors (Lipinski definition) is 6. The molecule has 3 aliphatic heterocycles. The minimum absolute atomic E-state index is 0.114. The van der Waals surface area contributed by atoms with Gasteiger partial charge in [-0.05, 0) is 83.6 Å². The molecular formula is C29H31BrFN5O2S. The fourth-order valence-electron chi connectivity index (χ4n) is 4.65. The van der Waals surface area contributed by atoms with E-state index in [9.17, 15) is 9.18 Å². The standard InChI is InChI=1S/C29H31BrFN5O2S/c1-3-26(28(37)33-24-15-23(9-4-18(24)2)32-22-10-12-38-13-11-22)36-16-20(30)14-25-27(36)35-29(34-25)39-17-19-5-7-21(31)8-6-19/h4-9,14-16,22,26,32H,3,10-13,17H2,1-2H3,(H,33,37). The summed E-state index contributed by atoms with van der Waals surface area (Å²) in [7, 11) is 0. The number of nitrogens with zero attached hydrogens (tertiary/aromatic N) is 3. The summed E-state index contributed by atoms with van der Waals surface area (Å²) >= 11 is 5.06. The number of hydrogen-bond donors (Lipinski definition) is 2. The van der Waals surface area contributed by atoms with Crippen LogP contribution in [0.4, 0.5) is 15.8 Å². The Morgan fingerprint density at radius 1 is 1.18 bits per heavy atom. The average Bonchev–Trinajstić information content (AvgIpc) is 3.34. The van der Waals surface area contributed by atoms with Crippen molar-refractivity contribution in [2.75, 3.05) is 23.8 Å². The minimum atomic E-state index is -0.483. The first-order valence-corrected chi connectivity index (χ1v) is 14.9. The van der Waals surface area contributed by atoms with Crippen LogP contribution in [0.1, 0.15) is 43.4 Å². The number of carbonyl (C=O) groups is 1. The Morgan fingerprint density at radius 3 is 2.69 bits per heavy atom. The molecule has 0 aliphatic carbocycles. The largest absolute Gasteiger partial charge is 0.382 e. The average molecular weight is 613 g/mol. The smallest absolute Gasteiger partial charge is 0.247 e. The molecule has 0 bridgehead atoms. The maximum Gasteiger partial charge on any atom is 0.247 e. The van der Waals surface area contributed by atoms with E-state index in [4.69, 9.17) is 9.72 Å². The summed E-state index contributed by atoms with van der Waals surface area (Å²) in [5.74, 6) is 0.893. The van der Waals surface area contributed by atoms with Crippen LogP contribution < -0.4 is 10.6 Å². The van der Waals surface area contributed by atoms with Gasteiger partial charge >= 0.3 is 0 Å². The molecule has 0 saturated carbocycles. The van der Waals surface area contributed by atoms with E-state index in [1.807, 2.05) is 42.8 Å². The molecule has 1 atom stereocenters. The van der Waals surface area contributed by atoms with Gasteiger partial charge in [-0.15, -0.1) is 0 Å². The van der Waals surface area contributed by atoms with E-state index in [-0.39, 0.29) is 11.7 Å². The van der Waals surface area contributed by atoms with Crippen molar-refractivity contribution in [2.24, 2.45) is 0 Å². The molecule has 3 heterocycles. The number of imidazole rings is 1. The molecule has 2 aromatic carbocycles. The first kappa shape index (κ1) is 27.6. The number of ether oxygens (including phenoxy) is 1. The second kappa shape index (κ2) is 12.5. The van der Waals surface area contributed by atoms with E-state index in [1.54, 1.807) is 12.1 Å². The monoisotopic (exact) mass is 611 g/mol. The van der Waals surface area contributed by atoms with E-state index in [2.05, 4.69) is 37.6 Å². The molecule has 10 heteroatoms. The maximum absolute atomic E-state index is 13.6. The summed E-state index contributed by atoms with van der Waals surface area (Å²) in [4.78, 5) is 23.1. The molecule has 5 rings (SSSR count). The van der Waals surface area contributed by atoms with Crippen molar-refractivity contribution in [3.05, 3.63) is 76.1 Å². The van der Waals surface area contributed by atoms with Crippen LogP contribution in [0.25, 0.3) is 11.5 Å². The van der Waals surface area contributed by atoms with Crippen molar-refractivity contribution < 1.29 is 13.9 Å². The van der Waals surface area contributed by atoms with E-state index in [1.165, 1.54) is 23.9 Å². The lowest BCUT2D eigenvalue weighted by molar-refractivity contribution is -0.119. The van der Waals surface area contributed by atoms with Crippen molar-refractivity contribution in [2.45, 2.75) is 56.1 Å². The van der Waals surface area contributed by atoms with Crippen molar-refractivity contribution in [1.29, 1.82) is 0 Å². The number of anilines is 2. The Balaban J connectivity index is 1.34. The summed E-state index contributed by atoms with van der Waals surface area (Å²) < 4.78 is 21.4. The summed E-state index contributed by atoms with van der Waals surface area (Å²) in [5, 5.41) is 7.34. The summed E-state index contributed by atoms with van der Waals surface area (Å²) in [5.41, 5.74) is 4.45. The molecule has 0 radical (unpaired) electrons. The lowest BCUT2D eigenvalue weighted by atomic mass is 10.1. The van der Waals surface area contributed by atoms with Crippen molar-refractivity contribution in [3.63, 3.8) is 0 Å². The normalized spacial score (nSPS) is 14.9. The van der Waals surface area contributed by atoms with Crippen molar-refractivity contribution in [1.82, 2.24) is 14.5 Å². The van der Waals surface area contributed by atoms with E-state index in [0.29, 0.717) is 34.9 Å². The van der Waals surface area contributed by atoms with Crippen LogP contribution in [0, 0.1) is 12.7 Å². The van der Waals surface area contributed by atoms with Gasteiger partial charge in [-0.2, -0.15) is 0 Å². The van der Waals surface area contributed by atoms with E-state index in [0.717, 1.165) is 53.0 Å². The minimum Gasteiger partial charge on any atom is -0.382 e. The molecule has 2 N–H and O–H groups in total. The zero-order valence-electron chi connectivity index (χ0n) is 21.9. The van der Waals surface area contributed by atoms with Gasteiger partial charge in [0, 0.05) is 47.1 Å². The molecule has 2 aromatic rings. The molecule has 1 amide bonds. The molecule has 3 aliphatic rings. The van der Waals surface area contributed by atoms with Gasteiger partial charge in [-0.3, -0.25) is 4.79 Å². The molecule has 0 aromatic heterocycles. The van der Waals surface area contributed by atoms with Crippen molar-refractivity contribution >= 4 is 45.0 Å². The topological polar surface area (TPSA) is 81.1 Å². The van der Waals surface area contributed by atoms with E-state index < -0.39 is 6.04 Å². The molecule has 0 spiro atoms. The molecular weight excluding hydrogens is 581 g/mol. The van der Waals surface area contributed by atoms with Crippen LogP contribution in [0.2, 0.25) is 0 Å². The van der Waals surface area contributed by atoms with Crippen LogP contribution in [0.15, 0.2) is 64.4 Å². The van der Waals surface area contributed by atoms with Crippen LogP contribution in [-0.4, -0.2) is 39.7 Å². The van der Waals surface area contributed by atoms with Crippen molar-refractivity contribution in [3.8, 4) is 11.5 Å². The number of rotatable bonds is 9. The molecule has 39 heavy (non-hydrogen) atoms. The number of aromatic nitrogens is 3. The summed E-state index contributed by atoms with van der Waals surface area (Å²) in [6, 6.07) is 14.3. The Kier molecular flexibility index (Phi) is 8.84. The third-order valence-electron chi connectivity index (χ3n) is 6.82. The number of amides is 1. The zero-order chi connectivity index (χ0) is 27.4. The number of aryl methyl sites for hydroxylation is 1. The quantitative estimate of drug-likeness (QED) is 0.197. The highest BCUT2D eigenvalue weighted by Gasteiger charge is 2.26. The Morgan fingerprint density at radius 2 is 1.95 bits per heavy atom. The maximum atomic E-state index is 13.6. The number of nitrogens with one attached hydrogen (secondary N) is 2. The van der Waals surface area contributed by atoms with Gasteiger partial charge in [-0.25, -0.2) is 14.4 Å². The highest BCUT2D eigenvalue weighted by atomic mass is 79.9. The Bertz CT molecular complexity index is 1410. The predicted octanol–water partition coefficient (Wildman–Crippen LogP) is 7.07. The summed E-state index contributed by atoms with van der Waals surface area (Å²) in [6.07, 6.45) is 4.39. The van der Waals surface area contributed by atoms with Crippen LogP contribution in [-0.2, 0) is 15.3 Å². The second-order valence-corrected chi connectivity index (χ2v) is 11.5. The Labute approximate surface area is 240 Å². The third-order valence-corrected chi connectivity index (χ3v) is 8.17. The van der Waals surface area contributed by atoms with Crippen LogP contribution >= 0.6 is 27.7 Å². The number of thioether (sulfide) groups is 1. The van der Waals surface area contributed by atoms with E-state index >= 15 is 0 Å². The highest BCUT2D eigenvalue weighted by molar-refractivity contribution is 9.10. The fourth-order valence-corrected chi connectivity index (χ4v) is 5.89. The molecule has 1 unspecified atom stereocenters. The molecule has 1 saturated heterocycles. The number of fused-ring (bicyclic) bond motifs is 1. The third kappa shape index (κ3) is 6.80.